The number of amides is 1. The number of carbonyl (C=O) groups is 2. The number of nitrogens with one attached hydrogen (secondary N) is 1. The molecule has 1 fully saturated rings. The number of aryl methyl sites for hydroxylation is 1. The van der Waals surface area contributed by atoms with Crippen molar-refractivity contribution in [3.8, 4) is 5.75 Å². The molecule has 1 aliphatic heterocycles. The first-order valence-corrected chi connectivity index (χ1v) is 12.2. The van der Waals surface area contributed by atoms with Crippen LogP contribution in [0.15, 0.2) is 46.0 Å². The Bertz CT molecular complexity index is 948. The maximum absolute atomic E-state index is 12.4. The van der Waals surface area contributed by atoms with Crippen molar-refractivity contribution >= 4 is 33.1 Å². The number of likely N-dealkylation sites (tertiary alicyclic amines) is 1. The number of benzene rings is 1. The highest BCUT2D eigenvalue weighted by Crippen LogP contribution is 2.19. The number of Topliss-reactive ketones (excluding diaryl/α,β-unsaturated/α-hetero) is 1. The molecule has 1 aliphatic rings. The zero-order valence-electron chi connectivity index (χ0n) is 16.9. The molecule has 7 nitrogen and oxygen atoms in total. The number of hydrogen-bond acceptors (Lipinski definition) is 6. The van der Waals surface area contributed by atoms with Crippen LogP contribution < -0.4 is 9.46 Å². The summed E-state index contributed by atoms with van der Waals surface area (Å²) in [5.41, 5.74) is 1.05. The molecule has 0 radical (unpaired) electrons. The summed E-state index contributed by atoms with van der Waals surface area (Å²) in [6.07, 6.45) is 2.35. The van der Waals surface area contributed by atoms with Gasteiger partial charge in [-0.25, -0.2) is 13.1 Å². The Morgan fingerprint density at radius 2 is 1.87 bits per heavy atom. The molecule has 1 aromatic carbocycles. The lowest BCUT2D eigenvalue weighted by Crippen LogP contribution is -2.47. The van der Waals surface area contributed by atoms with Crippen molar-refractivity contribution in [3.05, 3.63) is 47.3 Å². The Labute approximate surface area is 181 Å². The predicted octanol–water partition coefficient (Wildman–Crippen LogP) is 2.62. The highest BCUT2D eigenvalue weighted by molar-refractivity contribution is 7.91. The van der Waals surface area contributed by atoms with Gasteiger partial charge >= 0.3 is 0 Å². The van der Waals surface area contributed by atoms with Crippen molar-refractivity contribution in [2.24, 2.45) is 0 Å². The van der Waals surface area contributed by atoms with Crippen molar-refractivity contribution in [3.63, 3.8) is 0 Å². The summed E-state index contributed by atoms with van der Waals surface area (Å²) in [5, 5.41) is 1.73. The van der Waals surface area contributed by atoms with Crippen LogP contribution in [0.3, 0.4) is 0 Å². The third-order valence-corrected chi connectivity index (χ3v) is 7.90. The summed E-state index contributed by atoms with van der Waals surface area (Å²) in [6, 6.07) is 10.5. The van der Waals surface area contributed by atoms with E-state index in [2.05, 4.69) is 4.72 Å². The first-order valence-electron chi connectivity index (χ1n) is 9.88. The number of ketones is 1. The van der Waals surface area contributed by atoms with Gasteiger partial charge in [-0.05, 0) is 55.3 Å². The van der Waals surface area contributed by atoms with E-state index < -0.39 is 10.0 Å². The predicted molar refractivity (Wildman–Crippen MR) is 115 cm³/mol. The molecule has 0 aliphatic carbocycles. The van der Waals surface area contributed by atoms with E-state index in [9.17, 15) is 18.0 Å². The minimum atomic E-state index is -3.49. The Morgan fingerprint density at radius 3 is 2.47 bits per heavy atom. The monoisotopic (exact) mass is 450 g/mol. The van der Waals surface area contributed by atoms with Gasteiger partial charge in [-0.2, -0.15) is 0 Å². The van der Waals surface area contributed by atoms with Crippen molar-refractivity contribution < 1.29 is 22.7 Å². The van der Waals surface area contributed by atoms with Crippen molar-refractivity contribution in [1.82, 2.24) is 9.62 Å². The Balaban J connectivity index is 1.41. The molecule has 162 valence electrons. The van der Waals surface area contributed by atoms with Gasteiger partial charge in [0, 0.05) is 25.6 Å². The molecular formula is C21H26N2O5S2. The summed E-state index contributed by atoms with van der Waals surface area (Å²) in [6.45, 7) is 2.50. The second-order valence-electron chi connectivity index (χ2n) is 7.34. The fourth-order valence-electron chi connectivity index (χ4n) is 3.25. The summed E-state index contributed by atoms with van der Waals surface area (Å²) < 4.78 is 33.3. The van der Waals surface area contributed by atoms with Crippen molar-refractivity contribution in [2.75, 3.05) is 19.7 Å². The summed E-state index contributed by atoms with van der Waals surface area (Å²) >= 11 is 1.19. The lowest BCUT2D eigenvalue weighted by Gasteiger charge is -2.32. The van der Waals surface area contributed by atoms with Gasteiger partial charge in [-0.3, -0.25) is 4.79 Å². The molecule has 1 amide bonds. The van der Waals surface area contributed by atoms with E-state index in [1.807, 2.05) is 12.1 Å². The first-order chi connectivity index (χ1) is 14.3. The molecular weight excluding hydrogens is 424 g/mol. The number of ether oxygens (including phenoxy) is 1. The molecule has 0 saturated carbocycles. The average molecular weight is 451 g/mol. The average Bonchev–Trinajstić information content (AvgIpc) is 3.27. The van der Waals surface area contributed by atoms with Gasteiger partial charge in [0.1, 0.15) is 15.7 Å². The lowest BCUT2D eigenvalue weighted by molar-refractivity contribution is -0.134. The highest BCUT2D eigenvalue weighted by Gasteiger charge is 2.27. The van der Waals surface area contributed by atoms with Crippen LogP contribution in [0, 0.1) is 0 Å². The van der Waals surface area contributed by atoms with E-state index >= 15 is 0 Å². The van der Waals surface area contributed by atoms with Crippen LogP contribution in [-0.2, 0) is 26.0 Å². The van der Waals surface area contributed by atoms with Crippen LogP contribution >= 0.6 is 11.3 Å². The summed E-state index contributed by atoms with van der Waals surface area (Å²) in [5.74, 6) is 0.646. The van der Waals surface area contributed by atoms with Crippen LogP contribution in [0.4, 0.5) is 0 Å². The zero-order valence-corrected chi connectivity index (χ0v) is 18.5. The smallest absolute Gasteiger partial charge is 0.260 e. The van der Waals surface area contributed by atoms with Crippen molar-refractivity contribution in [1.29, 1.82) is 0 Å². The number of carbonyl (C=O) groups excluding carboxylic acids is 2. The Morgan fingerprint density at radius 1 is 1.17 bits per heavy atom. The minimum Gasteiger partial charge on any atom is -0.484 e. The molecule has 0 bridgehead atoms. The van der Waals surface area contributed by atoms with Gasteiger partial charge in [-0.15, -0.1) is 11.3 Å². The van der Waals surface area contributed by atoms with Crippen LogP contribution in [0.25, 0.3) is 0 Å². The summed E-state index contributed by atoms with van der Waals surface area (Å²) in [7, 11) is -3.49. The van der Waals surface area contributed by atoms with Crippen LogP contribution in [0.5, 0.6) is 5.75 Å². The van der Waals surface area contributed by atoms with E-state index in [0.29, 0.717) is 48.7 Å². The Kier molecular flexibility index (Phi) is 7.63. The molecule has 2 aromatic rings. The number of hydrogen-bond donors (Lipinski definition) is 1. The zero-order chi connectivity index (χ0) is 21.6. The van der Waals surface area contributed by atoms with Gasteiger partial charge in [0.05, 0.1) is 0 Å². The molecule has 0 unspecified atom stereocenters. The third-order valence-electron chi connectivity index (χ3n) is 4.98. The standard InChI is InChI=1S/C21H26N2O5S2/c1-16(24)4-5-17-6-8-19(9-7-17)28-15-20(25)23-12-10-18(11-13-23)22-30(26,27)21-3-2-14-29-21/h2-3,6-9,14,18,22H,4-5,10-13,15H2,1H3. The molecule has 30 heavy (non-hydrogen) atoms. The Hall–Kier alpha value is -2.23. The topological polar surface area (TPSA) is 92.8 Å². The van der Waals surface area contributed by atoms with Gasteiger partial charge in [0.25, 0.3) is 5.91 Å². The van der Waals surface area contributed by atoms with Crippen LogP contribution in [0.1, 0.15) is 31.7 Å². The van der Waals surface area contributed by atoms with E-state index in [1.54, 1.807) is 41.5 Å². The lowest BCUT2D eigenvalue weighted by atomic mass is 10.1. The molecule has 0 atom stereocenters. The second-order valence-corrected chi connectivity index (χ2v) is 10.2. The second kappa shape index (κ2) is 10.2. The molecule has 3 rings (SSSR count). The molecule has 0 spiro atoms. The summed E-state index contributed by atoms with van der Waals surface area (Å²) in [4.78, 5) is 25.2. The molecule has 9 heteroatoms. The van der Waals surface area contributed by atoms with E-state index in [1.165, 1.54) is 11.3 Å². The van der Waals surface area contributed by atoms with Gasteiger partial charge in [-0.1, -0.05) is 18.2 Å². The minimum absolute atomic E-state index is 0.0572. The number of rotatable bonds is 9. The number of thiophene rings is 1. The number of piperidine rings is 1. The quantitative estimate of drug-likeness (QED) is 0.634. The number of nitrogens with zero attached hydrogens (tertiary/aromatic N) is 1. The van der Waals surface area contributed by atoms with Crippen LogP contribution in [-0.4, -0.2) is 50.7 Å². The fraction of sp³-hybridized carbons (Fsp3) is 0.429. The first kappa shape index (κ1) is 22.5. The number of sulfonamides is 1. The molecule has 2 heterocycles. The highest BCUT2D eigenvalue weighted by atomic mass is 32.2. The van der Waals surface area contributed by atoms with Crippen LogP contribution in [0.2, 0.25) is 0 Å². The van der Waals surface area contributed by atoms with E-state index in [4.69, 9.17) is 4.74 Å². The third kappa shape index (κ3) is 6.38. The fourth-order valence-corrected chi connectivity index (χ4v) is 5.56. The SMILES string of the molecule is CC(=O)CCc1ccc(OCC(=O)N2CCC(NS(=O)(=O)c3cccs3)CC2)cc1. The van der Waals surface area contributed by atoms with Gasteiger partial charge in [0.15, 0.2) is 6.61 Å². The van der Waals surface area contributed by atoms with E-state index in [-0.39, 0.29) is 24.3 Å². The molecule has 1 saturated heterocycles. The normalized spacial score (nSPS) is 15.2. The largest absolute Gasteiger partial charge is 0.484 e. The maximum atomic E-state index is 12.4. The maximum Gasteiger partial charge on any atom is 0.260 e. The molecule has 1 aromatic heterocycles. The van der Waals surface area contributed by atoms with Gasteiger partial charge < -0.3 is 14.4 Å². The van der Waals surface area contributed by atoms with Crippen molar-refractivity contribution in [2.45, 2.75) is 42.9 Å². The molecule has 1 N–H and O–H groups in total. The van der Waals surface area contributed by atoms with E-state index in [0.717, 1.165) is 5.56 Å². The van der Waals surface area contributed by atoms with Gasteiger partial charge in [0.2, 0.25) is 10.0 Å².